The maximum atomic E-state index is 5.81. The van der Waals surface area contributed by atoms with Gasteiger partial charge in [0.15, 0.2) is 5.29 Å². The molecule has 2 saturated heterocycles. The fraction of sp³-hybridized carbons (Fsp3) is 0.769. The maximum absolute atomic E-state index is 5.81. The van der Waals surface area contributed by atoms with Gasteiger partial charge in [0.05, 0.1) is 0 Å². The summed E-state index contributed by atoms with van der Waals surface area (Å²) in [7, 11) is 0. The highest BCUT2D eigenvalue weighted by Gasteiger charge is 2.39. The van der Waals surface area contributed by atoms with Crippen molar-refractivity contribution < 1.29 is 0 Å². The van der Waals surface area contributed by atoms with E-state index in [1.807, 2.05) is 6.20 Å². The first-order chi connectivity index (χ1) is 8.76. The number of likely N-dealkylation sites (tertiary alicyclic amines) is 1. The van der Waals surface area contributed by atoms with Crippen molar-refractivity contribution in [2.24, 2.45) is 4.99 Å². The minimum Gasteiger partial charge on any atom is -0.357 e. The highest BCUT2D eigenvalue weighted by atomic mass is 35.5. The Morgan fingerprint density at radius 2 is 2.11 bits per heavy atom. The number of fused-ring (bicyclic) bond motifs is 2. The van der Waals surface area contributed by atoms with Gasteiger partial charge in [-0.3, -0.25) is 4.90 Å². The van der Waals surface area contributed by atoms with Crippen molar-refractivity contribution in [1.29, 1.82) is 0 Å². The third-order valence-electron chi connectivity index (χ3n) is 4.36. The van der Waals surface area contributed by atoms with Crippen molar-refractivity contribution in [3.8, 4) is 0 Å². The van der Waals surface area contributed by atoms with Crippen LogP contribution in [0.5, 0.6) is 0 Å². The number of likely N-dealkylation sites (N-methyl/N-ethyl adjacent to an activating group) is 1. The van der Waals surface area contributed by atoms with Crippen molar-refractivity contribution in [3.05, 3.63) is 11.8 Å². The topological polar surface area (TPSA) is 30.9 Å². The van der Waals surface area contributed by atoms with Gasteiger partial charge >= 0.3 is 0 Å². The van der Waals surface area contributed by atoms with Crippen molar-refractivity contribution in [3.63, 3.8) is 0 Å². The van der Waals surface area contributed by atoms with E-state index in [1.54, 1.807) is 0 Å². The Balaban J connectivity index is 1.64. The lowest BCUT2D eigenvalue weighted by Crippen LogP contribution is -2.54. The average Bonchev–Trinajstić information content (AvgIpc) is 2.63. The summed E-state index contributed by atoms with van der Waals surface area (Å²) in [6, 6.07) is 1.48. The zero-order chi connectivity index (χ0) is 12.5. The summed E-state index contributed by atoms with van der Waals surface area (Å²) >= 11 is 5.81. The van der Waals surface area contributed by atoms with Crippen LogP contribution in [-0.4, -0.2) is 59.9 Å². The lowest BCUT2D eigenvalue weighted by atomic mass is 10.1. The molecule has 100 valence electrons. The zero-order valence-corrected chi connectivity index (χ0v) is 11.7. The van der Waals surface area contributed by atoms with Crippen LogP contribution < -0.4 is 5.32 Å². The van der Waals surface area contributed by atoms with E-state index in [4.69, 9.17) is 11.6 Å². The molecule has 0 aliphatic carbocycles. The number of rotatable bonds is 3. The Morgan fingerprint density at radius 1 is 1.39 bits per heavy atom. The molecular formula is C13H21ClN4. The van der Waals surface area contributed by atoms with Gasteiger partial charge in [0, 0.05) is 44.5 Å². The first-order valence-corrected chi connectivity index (χ1v) is 7.27. The SMILES string of the molecule is CCN1CC2CCC(C1)N2CC1=CN=C(Cl)NC1. The minimum atomic E-state index is 0.512. The van der Waals surface area contributed by atoms with E-state index >= 15 is 0 Å². The van der Waals surface area contributed by atoms with Gasteiger partial charge in [0.25, 0.3) is 0 Å². The summed E-state index contributed by atoms with van der Waals surface area (Å²) in [5.41, 5.74) is 1.35. The van der Waals surface area contributed by atoms with Gasteiger partial charge in [0.2, 0.25) is 0 Å². The fourth-order valence-electron chi connectivity index (χ4n) is 3.35. The Labute approximate surface area is 114 Å². The first kappa shape index (κ1) is 12.5. The number of hydrogen-bond acceptors (Lipinski definition) is 4. The smallest absolute Gasteiger partial charge is 0.196 e. The van der Waals surface area contributed by atoms with Gasteiger partial charge in [-0.15, -0.1) is 0 Å². The van der Waals surface area contributed by atoms with Crippen molar-refractivity contribution in [1.82, 2.24) is 15.1 Å². The molecule has 5 heteroatoms. The first-order valence-electron chi connectivity index (χ1n) is 6.89. The number of halogens is 1. The molecule has 0 saturated carbocycles. The molecule has 4 nitrogen and oxygen atoms in total. The lowest BCUT2D eigenvalue weighted by Gasteiger charge is -2.41. The second-order valence-electron chi connectivity index (χ2n) is 5.47. The summed E-state index contributed by atoms with van der Waals surface area (Å²) < 4.78 is 0. The molecule has 1 N–H and O–H groups in total. The summed E-state index contributed by atoms with van der Waals surface area (Å²) in [4.78, 5) is 9.41. The van der Waals surface area contributed by atoms with Gasteiger partial charge in [-0.1, -0.05) is 6.92 Å². The largest absolute Gasteiger partial charge is 0.357 e. The molecule has 3 aliphatic heterocycles. The van der Waals surface area contributed by atoms with Crippen LogP contribution in [0.2, 0.25) is 0 Å². The van der Waals surface area contributed by atoms with Gasteiger partial charge < -0.3 is 10.2 Å². The standard InChI is InChI=1S/C13H21ClN4/c1-2-17-8-11-3-4-12(9-17)18(11)7-10-5-15-13(14)16-6-10/h5,11-12H,2-4,6-9H2,1H3,(H,15,16). The van der Waals surface area contributed by atoms with Crippen LogP contribution in [-0.2, 0) is 0 Å². The number of nitrogens with zero attached hydrogens (tertiary/aromatic N) is 3. The molecule has 18 heavy (non-hydrogen) atoms. The van der Waals surface area contributed by atoms with Gasteiger partial charge in [-0.2, -0.15) is 0 Å². The molecule has 3 heterocycles. The van der Waals surface area contributed by atoms with E-state index in [1.165, 1.54) is 38.0 Å². The molecule has 0 amide bonds. The molecule has 0 aromatic heterocycles. The average molecular weight is 269 g/mol. The third kappa shape index (κ3) is 2.42. The summed E-state index contributed by atoms with van der Waals surface area (Å²) in [5, 5.41) is 3.61. The molecule has 2 fully saturated rings. The Bertz CT molecular complexity index is 365. The van der Waals surface area contributed by atoms with Crippen molar-refractivity contribution in [2.45, 2.75) is 31.8 Å². The molecule has 0 spiro atoms. The highest BCUT2D eigenvalue weighted by molar-refractivity contribution is 6.64. The van der Waals surface area contributed by atoms with E-state index in [0.29, 0.717) is 5.29 Å². The quantitative estimate of drug-likeness (QED) is 0.782. The maximum Gasteiger partial charge on any atom is 0.196 e. The number of aliphatic imine (C=N–C) groups is 1. The molecule has 3 rings (SSSR count). The molecule has 0 radical (unpaired) electrons. The molecule has 0 aromatic rings. The van der Waals surface area contributed by atoms with E-state index in [9.17, 15) is 0 Å². The van der Waals surface area contributed by atoms with Gasteiger partial charge in [0.1, 0.15) is 0 Å². The Hall–Kier alpha value is -0.580. The second-order valence-corrected chi connectivity index (χ2v) is 5.83. The number of hydrogen-bond donors (Lipinski definition) is 1. The second kappa shape index (κ2) is 5.19. The van der Waals surface area contributed by atoms with Gasteiger partial charge in [-0.25, -0.2) is 4.99 Å². The predicted molar refractivity (Wildman–Crippen MR) is 75.0 cm³/mol. The molecule has 2 bridgehead atoms. The third-order valence-corrected chi connectivity index (χ3v) is 4.59. The molecular weight excluding hydrogens is 248 g/mol. The van der Waals surface area contributed by atoms with Crippen LogP contribution in [0, 0.1) is 0 Å². The highest BCUT2D eigenvalue weighted by Crippen LogP contribution is 2.30. The molecule has 3 aliphatic rings. The monoisotopic (exact) mass is 268 g/mol. The van der Waals surface area contributed by atoms with E-state index in [-0.39, 0.29) is 0 Å². The minimum absolute atomic E-state index is 0.512. The Morgan fingerprint density at radius 3 is 2.67 bits per heavy atom. The summed E-state index contributed by atoms with van der Waals surface area (Å²) in [6.07, 6.45) is 4.64. The Kier molecular flexibility index (Phi) is 3.59. The summed E-state index contributed by atoms with van der Waals surface area (Å²) in [5.74, 6) is 0. The normalized spacial score (nSPS) is 33.0. The van der Waals surface area contributed by atoms with Crippen LogP contribution in [0.25, 0.3) is 0 Å². The fourth-order valence-corrected chi connectivity index (χ4v) is 3.47. The van der Waals surface area contributed by atoms with Gasteiger partial charge in [-0.05, 0) is 36.6 Å². The zero-order valence-electron chi connectivity index (χ0n) is 10.9. The number of amidine groups is 1. The van der Waals surface area contributed by atoms with Crippen LogP contribution in [0.3, 0.4) is 0 Å². The molecule has 2 unspecified atom stereocenters. The van der Waals surface area contributed by atoms with Crippen molar-refractivity contribution in [2.75, 3.05) is 32.7 Å². The van der Waals surface area contributed by atoms with Crippen LogP contribution in [0.15, 0.2) is 16.8 Å². The van der Waals surface area contributed by atoms with Crippen LogP contribution in [0.4, 0.5) is 0 Å². The molecule has 0 aromatic carbocycles. The lowest BCUT2D eigenvalue weighted by molar-refractivity contribution is 0.0777. The number of nitrogens with one attached hydrogen (secondary N) is 1. The van der Waals surface area contributed by atoms with E-state index < -0.39 is 0 Å². The van der Waals surface area contributed by atoms with Crippen LogP contribution in [0.1, 0.15) is 19.8 Å². The van der Waals surface area contributed by atoms with Crippen LogP contribution >= 0.6 is 11.6 Å². The summed E-state index contributed by atoms with van der Waals surface area (Å²) in [6.45, 7) is 7.81. The van der Waals surface area contributed by atoms with E-state index in [0.717, 1.165) is 25.2 Å². The van der Waals surface area contributed by atoms with E-state index in [2.05, 4.69) is 27.0 Å². The van der Waals surface area contributed by atoms with Crippen molar-refractivity contribution >= 4 is 16.9 Å². The molecule has 2 atom stereocenters. The number of piperazine rings is 1. The predicted octanol–water partition coefficient (Wildman–Crippen LogP) is 1.24.